The van der Waals surface area contributed by atoms with Crippen LogP contribution in [0.15, 0.2) is 24.3 Å². The summed E-state index contributed by atoms with van der Waals surface area (Å²) in [5.74, 6) is -3.12. The quantitative estimate of drug-likeness (QED) is 0.777. The summed E-state index contributed by atoms with van der Waals surface area (Å²) in [5.41, 5.74) is 0.294. The number of benzene rings is 1. The lowest BCUT2D eigenvalue weighted by Crippen LogP contribution is -2.39. The highest BCUT2D eigenvalue weighted by atomic mass is 19.3. The van der Waals surface area contributed by atoms with Crippen molar-refractivity contribution in [3.63, 3.8) is 0 Å². The number of amides is 1. The van der Waals surface area contributed by atoms with Gasteiger partial charge in [-0.2, -0.15) is 0 Å². The molecule has 1 amide bonds. The van der Waals surface area contributed by atoms with Crippen LogP contribution in [-0.4, -0.2) is 18.9 Å². The summed E-state index contributed by atoms with van der Waals surface area (Å²) < 4.78 is 26.5. The number of halogens is 2. The molecule has 0 saturated carbocycles. The Morgan fingerprint density at radius 1 is 1.35 bits per heavy atom. The third-order valence-corrected chi connectivity index (χ3v) is 3.30. The predicted octanol–water partition coefficient (Wildman–Crippen LogP) is 2.97. The molecule has 1 aliphatic heterocycles. The number of hydrogen-bond donors (Lipinski definition) is 0. The summed E-state index contributed by atoms with van der Waals surface area (Å²) in [5, 5.41) is 0. The van der Waals surface area contributed by atoms with Crippen LogP contribution in [-0.2, 0) is 10.2 Å². The Hall–Kier alpha value is -1.45. The van der Waals surface area contributed by atoms with Gasteiger partial charge in [0, 0.05) is 19.2 Å². The Labute approximate surface area is 99.2 Å². The van der Waals surface area contributed by atoms with Crippen molar-refractivity contribution in [3.05, 3.63) is 29.8 Å². The number of rotatable bonds is 2. The van der Waals surface area contributed by atoms with Crippen LogP contribution >= 0.6 is 0 Å². The number of nitrogens with zero attached hydrogens (tertiary/aromatic N) is 1. The molecule has 0 radical (unpaired) electrons. The van der Waals surface area contributed by atoms with Gasteiger partial charge in [0.05, 0.1) is 5.41 Å². The van der Waals surface area contributed by atoms with Crippen LogP contribution in [0.2, 0.25) is 0 Å². The van der Waals surface area contributed by atoms with Crippen LogP contribution in [0, 0.1) is 0 Å². The second-order valence-corrected chi connectivity index (χ2v) is 4.96. The van der Waals surface area contributed by atoms with Crippen LogP contribution in [0.3, 0.4) is 0 Å². The van der Waals surface area contributed by atoms with Gasteiger partial charge in [0.25, 0.3) is 0 Å². The largest absolute Gasteiger partial charge is 0.314 e. The summed E-state index contributed by atoms with van der Waals surface area (Å²) in [4.78, 5) is 13.6. The van der Waals surface area contributed by atoms with Gasteiger partial charge < -0.3 is 4.90 Å². The van der Waals surface area contributed by atoms with E-state index in [1.807, 2.05) is 0 Å². The Bertz CT molecular complexity index is 467. The van der Waals surface area contributed by atoms with Gasteiger partial charge in [0.15, 0.2) is 0 Å². The molecule has 0 saturated heterocycles. The van der Waals surface area contributed by atoms with E-state index in [1.165, 1.54) is 4.90 Å². The second kappa shape index (κ2) is 3.52. The summed E-state index contributed by atoms with van der Waals surface area (Å²) in [6, 6.07) is 7.12. The van der Waals surface area contributed by atoms with E-state index in [0.717, 1.165) is 12.6 Å². The molecule has 1 aliphatic rings. The first-order valence-corrected chi connectivity index (χ1v) is 5.51. The van der Waals surface area contributed by atoms with E-state index in [9.17, 15) is 13.6 Å². The lowest BCUT2D eigenvalue weighted by atomic mass is 9.79. The van der Waals surface area contributed by atoms with Crippen molar-refractivity contribution in [2.24, 2.45) is 0 Å². The fourth-order valence-corrected chi connectivity index (χ4v) is 2.62. The van der Waals surface area contributed by atoms with Gasteiger partial charge >= 0.3 is 0 Å². The molecule has 0 bridgehead atoms. The fourth-order valence-electron chi connectivity index (χ4n) is 2.62. The van der Waals surface area contributed by atoms with Gasteiger partial charge in [0.1, 0.15) is 0 Å². The molecule has 1 heterocycles. The van der Waals surface area contributed by atoms with Crippen molar-refractivity contribution in [1.29, 1.82) is 0 Å². The fraction of sp³-hybridized carbons (Fsp3) is 0.462. The molecule has 0 spiro atoms. The van der Waals surface area contributed by atoms with Crippen LogP contribution in [0.1, 0.15) is 25.8 Å². The number of para-hydroxylation sites is 1. The molecule has 0 aromatic heterocycles. The molecule has 2 rings (SSSR count). The van der Waals surface area contributed by atoms with Gasteiger partial charge in [-0.25, -0.2) is 8.78 Å². The van der Waals surface area contributed by atoms with E-state index >= 15 is 0 Å². The minimum absolute atomic E-state index is 0.264. The zero-order chi connectivity index (χ0) is 12.8. The number of likely N-dealkylation sites (N-methyl/N-ethyl adjacent to an activating group) is 1. The zero-order valence-corrected chi connectivity index (χ0v) is 10.1. The predicted molar refractivity (Wildman–Crippen MR) is 62.4 cm³/mol. The molecule has 0 N–H and O–H groups in total. The lowest BCUT2D eigenvalue weighted by molar-refractivity contribution is -0.125. The van der Waals surface area contributed by atoms with E-state index in [4.69, 9.17) is 0 Å². The highest BCUT2D eigenvalue weighted by molar-refractivity contribution is 6.07. The van der Waals surface area contributed by atoms with Gasteiger partial charge in [-0.15, -0.1) is 0 Å². The Balaban J connectivity index is 2.52. The summed E-state index contributed by atoms with van der Waals surface area (Å²) in [6.45, 7) is 2.45. The van der Waals surface area contributed by atoms with Gasteiger partial charge in [-0.1, -0.05) is 18.2 Å². The minimum atomic E-state index is -2.86. The molecular weight excluding hydrogens is 224 g/mol. The van der Waals surface area contributed by atoms with E-state index in [2.05, 4.69) is 0 Å². The standard InChI is InChI=1S/C13H15F2NO/c1-12(8-13(2,14)15)9-6-4-5-7-10(9)16(3)11(12)17/h4-7H,8H2,1-3H3. The van der Waals surface area contributed by atoms with Crippen molar-refractivity contribution in [2.45, 2.75) is 31.6 Å². The van der Waals surface area contributed by atoms with E-state index in [0.29, 0.717) is 5.56 Å². The number of fused-ring (bicyclic) bond motifs is 1. The Kier molecular flexibility index (Phi) is 2.49. The molecule has 1 aromatic carbocycles. The van der Waals surface area contributed by atoms with Crippen LogP contribution in [0.5, 0.6) is 0 Å². The highest BCUT2D eigenvalue weighted by Gasteiger charge is 2.50. The number of anilines is 1. The van der Waals surface area contributed by atoms with Crippen molar-refractivity contribution >= 4 is 11.6 Å². The average molecular weight is 239 g/mol. The first-order chi connectivity index (χ1) is 7.76. The molecule has 92 valence electrons. The Morgan fingerprint density at radius 3 is 2.53 bits per heavy atom. The first kappa shape index (κ1) is 12.0. The van der Waals surface area contributed by atoms with Crippen LogP contribution in [0.25, 0.3) is 0 Å². The smallest absolute Gasteiger partial charge is 0.246 e. The molecular formula is C13H15F2NO. The highest BCUT2D eigenvalue weighted by Crippen LogP contribution is 2.46. The van der Waals surface area contributed by atoms with Gasteiger partial charge in [-0.05, 0) is 25.5 Å². The molecule has 0 aliphatic carbocycles. The van der Waals surface area contributed by atoms with Crippen molar-refractivity contribution < 1.29 is 13.6 Å². The van der Waals surface area contributed by atoms with Crippen LogP contribution < -0.4 is 4.90 Å². The monoisotopic (exact) mass is 239 g/mol. The third kappa shape index (κ3) is 1.81. The van der Waals surface area contributed by atoms with Crippen molar-refractivity contribution in [1.82, 2.24) is 0 Å². The maximum Gasteiger partial charge on any atom is 0.246 e. The summed E-state index contributed by atoms with van der Waals surface area (Å²) >= 11 is 0. The van der Waals surface area contributed by atoms with E-state index < -0.39 is 17.8 Å². The first-order valence-electron chi connectivity index (χ1n) is 5.51. The SMILES string of the molecule is CN1C(=O)C(C)(CC(C)(F)F)c2ccccc21. The third-order valence-electron chi connectivity index (χ3n) is 3.30. The number of hydrogen-bond acceptors (Lipinski definition) is 1. The van der Waals surface area contributed by atoms with E-state index in [1.54, 1.807) is 38.2 Å². The molecule has 1 unspecified atom stereocenters. The topological polar surface area (TPSA) is 20.3 Å². The summed E-state index contributed by atoms with van der Waals surface area (Å²) in [7, 11) is 1.63. The number of carbonyl (C=O) groups is 1. The zero-order valence-electron chi connectivity index (χ0n) is 10.1. The molecule has 2 nitrogen and oxygen atoms in total. The van der Waals surface area contributed by atoms with Gasteiger partial charge in [0.2, 0.25) is 11.8 Å². The van der Waals surface area contributed by atoms with Crippen molar-refractivity contribution in [2.75, 3.05) is 11.9 Å². The maximum absolute atomic E-state index is 13.2. The minimum Gasteiger partial charge on any atom is -0.314 e. The van der Waals surface area contributed by atoms with Gasteiger partial charge in [-0.3, -0.25) is 4.79 Å². The molecule has 1 aromatic rings. The average Bonchev–Trinajstić information content (AvgIpc) is 2.40. The maximum atomic E-state index is 13.2. The molecule has 4 heteroatoms. The lowest BCUT2D eigenvalue weighted by Gasteiger charge is -2.26. The van der Waals surface area contributed by atoms with E-state index in [-0.39, 0.29) is 5.91 Å². The summed E-state index contributed by atoms with van der Waals surface area (Å²) in [6.07, 6.45) is -0.458. The number of carbonyl (C=O) groups excluding carboxylic acids is 1. The normalized spacial score (nSPS) is 24.1. The number of alkyl halides is 2. The molecule has 1 atom stereocenters. The molecule has 0 fully saturated rings. The molecule has 17 heavy (non-hydrogen) atoms. The van der Waals surface area contributed by atoms with Crippen LogP contribution in [0.4, 0.5) is 14.5 Å². The Morgan fingerprint density at radius 2 is 1.94 bits per heavy atom. The second-order valence-electron chi connectivity index (χ2n) is 4.96. The van der Waals surface area contributed by atoms with Crippen molar-refractivity contribution in [3.8, 4) is 0 Å².